The zero-order valence-corrected chi connectivity index (χ0v) is 9.58. The lowest BCUT2D eigenvalue weighted by molar-refractivity contribution is 0.246. The van der Waals surface area contributed by atoms with Gasteiger partial charge in [-0.05, 0) is 49.9 Å². The van der Waals surface area contributed by atoms with Crippen molar-refractivity contribution in [2.45, 2.75) is 32.7 Å². The molecule has 0 unspecified atom stereocenters. The second-order valence-electron chi connectivity index (χ2n) is 4.31. The van der Waals surface area contributed by atoms with Gasteiger partial charge in [0, 0.05) is 6.54 Å². The molecule has 1 aromatic rings. The molecule has 1 saturated heterocycles. The van der Waals surface area contributed by atoms with E-state index in [4.69, 9.17) is 0 Å². The molecule has 1 fully saturated rings. The summed E-state index contributed by atoms with van der Waals surface area (Å²) < 4.78 is 0. The van der Waals surface area contributed by atoms with Crippen molar-refractivity contribution >= 4 is 0 Å². The summed E-state index contributed by atoms with van der Waals surface area (Å²) in [6, 6.07) is 9.06. The van der Waals surface area contributed by atoms with Crippen molar-refractivity contribution in [3.05, 3.63) is 41.8 Å². The minimum Gasteiger partial charge on any atom is -0.299 e. The van der Waals surface area contributed by atoms with Crippen molar-refractivity contribution in [1.82, 2.24) is 4.90 Å². The zero-order valence-electron chi connectivity index (χ0n) is 9.58. The number of rotatable bonds is 3. The maximum atomic E-state index is 2.54. The fraction of sp³-hybridized carbons (Fsp3) is 0.500. The van der Waals surface area contributed by atoms with E-state index in [1.165, 1.54) is 37.1 Å². The van der Waals surface area contributed by atoms with Gasteiger partial charge in [0.15, 0.2) is 0 Å². The Labute approximate surface area is 93.1 Å². The predicted octanol–water partition coefficient (Wildman–Crippen LogP) is 3.05. The molecule has 0 atom stereocenters. The highest BCUT2D eigenvalue weighted by atomic mass is 15.1. The molecule has 1 radical (unpaired) electrons. The van der Waals surface area contributed by atoms with Crippen molar-refractivity contribution in [3.8, 4) is 0 Å². The van der Waals surface area contributed by atoms with E-state index in [0.29, 0.717) is 0 Å². The average Bonchev–Trinajstić information content (AvgIpc) is 2.31. The Morgan fingerprint density at radius 1 is 1.00 bits per heavy atom. The van der Waals surface area contributed by atoms with Crippen molar-refractivity contribution in [2.75, 3.05) is 13.1 Å². The van der Waals surface area contributed by atoms with Crippen LogP contribution in [0.2, 0.25) is 0 Å². The van der Waals surface area contributed by atoms with Crippen molar-refractivity contribution in [2.24, 2.45) is 0 Å². The van der Waals surface area contributed by atoms with Crippen LogP contribution in [-0.4, -0.2) is 18.0 Å². The van der Waals surface area contributed by atoms with Gasteiger partial charge >= 0.3 is 0 Å². The Kier molecular flexibility index (Phi) is 3.79. The lowest BCUT2D eigenvalue weighted by Crippen LogP contribution is -2.29. The Hall–Kier alpha value is -0.820. The second kappa shape index (κ2) is 5.32. The molecular weight excluding hydrogens is 182 g/mol. The Morgan fingerprint density at radius 2 is 1.60 bits per heavy atom. The maximum absolute atomic E-state index is 2.54. The van der Waals surface area contributed by atoms with Crippen LogP contribution in [0.3, 0.4) is 0 Å². The van der Waals surface area contributed by atoms with Gasteiger partial charge in [0.05, 0.1) is 0 Å². The van der Waals surface area contributed by atoms with Crippen LogP contribution < -0.4 is 0 Å². The molecule has 0 amide bonds. The Morgan fingerprint density at radius 3 is 2.20 bits per heavy atom. The molecule has 1 nitrogen and oxygen atoms in total. The van der Waals surface area contributed by atoms with E-state index >= 15 is 0 Å². The number of aryl methyl sites for hydroxylation is 1. The van der Waals surface area contributed by atoms with E-state index in [9.17, 15) is 0 Å². The molecule has 0 aromatic heterocycles. The first-order valence-corrected chi connectivity index (χ1v) is 6.00. The summed E-state index contributed by atoms with van der Waals surface area (Å²) in [5, 5.41) is 0. The van der Waals surface area contributed by atoms with Gasteiger partial charge in [-0.3, -0.25) is 4.90 Å². The summed E-state index contributed by atoms with van der Waals surface area (Å²) in [4.78, 5) is 2.54. The molecule has 1 heteroatoms. The number of hydrogen-bond acceptors (Lipinski definition) is 1. The van der Waals surface area contributed by atoms with E-state index in [1.54, 1.807) is 0 Å². The largest absolute Gasteiger partial charge is 0.299 e. The minimum atomic E-state index is 1.12. The molecule has 1 aromatic carbocycles. The third-order valence-corrected chi connectivity index (χ3v) is 3.14. The summed E-state index contributed by atoms with van der Waals surface area (Å²) in [5.41, 5.74) is 2.89. The molecule has 1 aliphatic heterocycles. The van der Waals surface area contributed by atoms with Crippen molar-refractivity contribution in [1.29, 1.82) is 0 Å². The number of piperidine rings is 1. The molecule has 0 bridgehead atoms. The second-order valence-corrected chi connectivity index (χ2v) is 4.31. The molecule has 0 saturated carbocycles. The minimum absolute atomic E-state index is 1.12. The molecule has 0 spiro atoms. The fourth-order valence-corrected chi connectivity index (χ4v) is 2.10. The van der Waals surface area contributed by atoms with Gasteiger partial charge in [-0.15, -0.1) is 0 Å². The van der Waals surface area contributed by atoms with Gasteiger partial charge < -0.3 is 0 Å². The van der Waals surface area contributed by atoms with Crippen LogP contribution in [0.25, 0.3) is 0 Å². The Balaban J connectivity index is 1.91. The smallest absolute Gasteiger partial charge is 0.0233 e. The first-order chi connectivity index (χ1) is 7.38. The lowest BCUT2D eigenvalue weighted by Gasteiger charge is -2.26. The van der Waals surface area contributed by atoms with Crippen LogP contribution in [0.1, 0.15) is 30.9 Å². The van der Waals surface area contributed by atoms with Crippen LogP contribution in [-0.2, 0) is 13.0 Å². The quantitative estimate of drug-likeness (QED) is 0.728. The molecule has 1 heterocycles. The van der Waals surface area contributed by atoms with Crippen molar-refractivity contribution in [3.63, 3.8) is 0 Å². The molecule has 81 valence electrons. The van der Waals surface area contributed by atoms with Gasteiger partial charge in [-0.2, -0.15) is 0 Å². The lowest BCUT2D eigenvalue weighted by atomic mass is 10.1. The average molecular weight is 202 g/mol. The van der Waals surface area contributed by atoms with E-state index in [0.717, 1.165) is 13.0 Å². The highest BCUT2D eigenvalue weighted by molar-refractivity contribution is 5.22. The van der Waals surface area contributed by atoms with Crippen LogP contribution in [0.5, 0.6) is 0 Å². The van der Waals surface area contributed by atoms with Gasteiger partial charge in [0.25, 0.3) is 0 Å². The molecular formula is C14H20N. The van der Waals surface area contributed by atoms with Crippen LogP contribution in [0.15, 0.2) is 24.3 Å². The van der Waals surface area contributed by atoms with E-state index in [1.807, 2.05) is 0 Å². The first kappa shape index (κ1) is 10.7. The van der Waals surface area contributed by atoms with E-state index in [-0.39, 0.29) is 0 Å². The standard InChI is InChI=1S/C14H20N/c1-2-13-6-8-14(9-7-13)12-15-10-4-3-5-11-15/h3,6-9H,2,4-5,10-12H2,1H3. The van der Waals surface area contributed by atoms with Crippen LogP contribution >= 0.6 is 0 Å². The normalized spacial score (nSPS) is 17.9. The van der Waals surface area contributed by atoms with Crippen molar-refractivity contribution < 1.29 is 0 Å². The molecule has 2 rings (SSSR count). The predicted molar refractivity (Wildman–Crippen MR) is 64.6 cm³/mol. The van der Waals surface area contributed by atoms with Crippen LogP contribution in [0, 0.1) is 6.42 Å². The number of benzene rings is 1. The highest BCUT2D eigenvalue weighted by Gasteiger charge is 2.09. The molecule has 1 aliphatic rings. The van der Waals surface area contributed by atoms with E-state index in [2.05, 4.69) is 42.5 Å². The topological polar surface area (TPSA) is 3.24 Å². The summed E-state index contributed by atoms with van der Waals surface area (Å²) in [6.45, 7) is 5.79. The first-order valence-electron chi connectivity index (χ1n) is 6.00. The maximum Gasteiger partial charge on any atom is 0.0233 e. The summed E-state index contributed by atoms with van der Waals surface area (Å²) in [6.07, 6.45) is 6.05. The third-order valence-electron chi connectivity index (χ3n) is 3.14. The summed E-state index contributed by atoms with van der Waals surface area (Å²) in [7, 11) is 0. The SMILES string of the molecule is CCc1ccc(CN2CC[CH]CC2)cc1. The van der Waals surface area contributed by atoms with Gasteiger partial charge in [-0.1, -0.05) is 31.2 Å². The van der Waals surface area contributed by atoms with Gasteiger partial charge in [-0.25, -0.2) is 0 Å². The number of nitrogens with zero attached hydrogens (tertiary/aromatic N) is 1. The summed E-state index contributed by atoms with van der Waals surface area (Å²) in [5.74, 6) is 0. The fourth-order valence-electron chi connectivity index (χ4n) is 2.10. The monoisotopic (exact) mass is 202 g/mol. The molecule has 15 heavy (non-hydrogen) atoms. The molecule has 0 aliphatic carbocycles. The highest BCUT2D eigenvalue weighted by Crippen LogP contribution is 2.13. The number of hydrogen-bond donors (Lipinski definition) is 0. The van der Waals surface area contributed by atoms with Crippen LogP contribution in [0.4, 0.5) is 0 Å². The van der Waals surface area contributed by atoms with Gasteiger partial charge in [0.2, 0.25) is 0 Å². The molecule has 0 N–H and O–H groups in total. The Bertz CT molecular complexity index is 283. The van der Waals surface area contributed by atoms with Gasteiger partial charge in [0.1, 0.15) is 0 Å². The summed E-state index contributed by atoms with van der Waals surface area (Å²) >= 11 is 0. The zero-order chi connectivity index (χ0) is 10.5. The number of likely N-dealkylation sites (tertiary alicyclic amines) is 1. The third kappa shape index (κ3) is 3.07. The van der Waals surface area contributed by atoms with E-state index < -0.39 is 0 Å².